The van der Waals surface area contributed by atoms with Crippen LogP contribution in [0.1, 0.15) is 32.6 Å². The highest BCUT2D eigenvalue weighted by Crippen LogP contribution is 2.29. The van der Waals surface area contributed by atoms with E-state index < -0.39 is 0 Å². The van der Waals surface area contributed by atoms with Crippen LogP contribution in [0, 0.1) is 11.8 Å². The fourth-order valence-corrected chi connectivity index (χ4v) is 2.03. The summed E-state index contributed by atoms with van der Waals surface area (Å²) < 4.78 is 0. The number of hydrogen-bond donors (Lipinski definition) is 1. The van der Waals surface area contributed by atoms with Gasteiger partial charge in [-0.2, -0.15) is 0 Å². The summed E-state index contributed by atoms with van der Waals surface area (Å²) in [7, 11) is 1.99. The lowest BCUT2D eigenvalue weighted by Crippen LogP contribution is -2.12. The number of nitrogens with one attached hydrogen (secondary N) is 1. The molecule has 0 saturated heterocycles. The first-order valence-electron chi connectivity index (χ1n) is 5.14. The Morgan fingerprint density at radius 1 is 1.42 bits per heavy atom. The van der Waals surface area contributed by atoms with Crippen molar-refractivity contribution in [3.8, 4) is 0 Å². The highest BCUT2D eigenvalue weighted by atomic mass is 14.8. The van der Waals surface area contributed by atoms with E-state index in [-0.39, 0.29) is 0 Å². The molecule has 0 spiro atoms. The maximum atomic E-state index is 3.13. The Morgan fingerprint density at radius 3 is 2.92 bits per heavy atom. The van der Waals surface area contributed by atoms with Crippen LogP contribution < -0.4 is 5.32 Å². The molecule has 70 valence electrons. The van der Waals surface area contributed by atoms with Crippen LogP contribution in [0.5, 0.6) is 0 Å². The van der Waals surface area contributed by atoms with Crippen molar-refractivity contribution >= 4 is 0 Å². The second-order valence-corrected chi connectivity index (χ2v) is 4.02. The minimum absolute atomic E-state index is 0.863. The van der Waals surface area contributed by atoms with Crippen LogP contribution in [0.4, 0.5) is 0 Å². The van der Waals surface area contributed by atoms with Crippen LogP contribution in [-0.4, -0.2) is 13.6 Å². The van der Waals surface area contributed by atoms with Gasteiger partial charge in [-0.05, 0) is 31.7 Å². The standard InChI is InChI=1S/C11H21N/c1-10-5-3-6-11(9-10)7-4-8-12-2/h4,7,10-12H,3,5-6,8-9H2,1-2H3. The SMILES string of the molecule is CNCC=CC1CCCC(C)C1. The second kappa shape index (κ2) is 5.36. The summed E-state index contributed by atoms with van der Waals surface area (Å²) in [6.07, 6.45) is 10.3. The maximum Gasteiger partial charge on any atom is 0.0131 e. The van der Waals surface area contributed by atoms with E-state index in [1.54, 1.807) is 0 Å². The van der Waals surface area contributed by atoms with E-state index in [1.165, 1.54) is 25.7 Å². The molecule has 1 saturated carbocycles. The molecule has 1 fully saturated rings. The summed E-state index contributed by atoms with van der Waals surface area (Å²) in [6, 6.07) is 0. The summed E-state index contributed by atoms with van der Waals surface area (Å²) in [6.45, 7) is 3.39. The molecule has 1 rings (SSSR count). The number of rotatable bonds is 3. The van der Waals surface area contributed by atoms with Gasteiger partial charge in [-0.15, -0.1) is 0 Å². The monoisotopic (exact) mass is 167 g/mol. The molecule has 0 aromatic rings. The van der Waals surface area contributed by atoms with E-state index in [9.17, 15) is 0 Å². The van der Waals surface area contributed by atoms with Gasteiger partial charge in [-0.25, -0.2) is 0 Å². The molecule has 0 bridgehead atoms. The van der Waals surface area contributed by atoms with Crippen molar-refractivity contribution in [3.05, 3.63) is 12.2 Å². The Labute approximate surface area is 76.2 Å². The van der Waals surface area contributed by atoms with E-state index in [1.807, 2.05) is 7.05 Å². The average Bonchev–Trinajstić information content (AvgIpc) is 2.05. The maximum absolute atomic E-state index is 3.13. The summed E-state index contributed by atoms with van der Waals surface area (Å²) in [5.74, 6) is 1.81. The van der Waals surface area contributed by atoms with Gasteiger partial charge in [0.15, 0.2) is 0 Å². The molecular formula is C11H21N. The molecule has 12 heavy (non-hydrogen) atoms. The molecule has 0 amide bonds. The van der Waals surface area contributed by atoms with Crippen LogP contribution in [0.15, 0.2) is 12.2 Å². The highest BCUT2D eigenvalue weighted by Gasteiger charge is 2.15. The van der Waals surface area contributed by atoms with E-state index in [0.717, 1.165) is 18.4 Å². The lowest BCUT2D eigenvalue weighted by atomic mass is 9.82. The Hall–Kier alpha value is -0.300. The van der Waals surface area contributed by atoms with E-state index in [2.05, 4.69) is 24.4 Å². The zero-order chi connectivity index (χ0) is 8.81. The van der Waals surface area contributed by atoms with Gasteiger partial charge in [-0.1, -0.05) is 31.9 Å². The third-order valence-electron chi connectivity index (χ3n) is 2.71. The van der Waals surface area contributed by atoms with Crippen LogP contribution in [0.25, 0.3) is 0 Å². The smallest absolute Gasteiger partial charge is 0.0131 e. The van der Waals surface area contributed by atoms with Crippen molar-refractivity contribution in [2.24, 2.45) is 11.8 Å². The van der Waals surface area contributed by atoms with Gasteiger partial charge in [0.25, 0.3) is 0 Å². The fourth-order valence-electron chi connectivity index (χ4n) is 2.03. The third kappa shape index (κ3) is 3.40. The molecule has 0 heterocycles. The third-order valence-corrected chi connectivity index (χ3v) is 2.71. The van der Waals surface area contributed by atoms with E-state index in [0.29, 0.717) is 0 Å². The van der Waals surface area contributed by atoms with Crippen molar-refractivity contribution in [2.75, 3.05) is 13.6 Å². The zero-order valence-electron chi connectivity index (χ0n) is 8.34. The summed E-state index contributed by atoms with van der Waals surface area (Å²) in [4.78, 5) is 0. The van der Waals surface area contributed by atoms with Crippen LogP contribution >= 0.6 is 0 Å². The summed E-state index contributed by atoms with van der Waals surface area (Å²) in [5.41, 5.74) is 0. The molecule has 1 aliphatic rings. The van der Waals surface area contributed by atoms with Gasteiger partial charge < -0.3 is 5.32 Å². The van der Waals surface area contributed by atoms with E-state index >= 15 is 0 Å². The molecular weight excluding hydrogens is 146 g/mol. The molecule has 0 aromatic heterocycles. The highest BCUT2D eigenvalue weighted by molar-refractivity contribution is 4.91. The topological polar surface area (TPSA) is 12.0 Å². The number of allylic oxidation sites excluding steroid dienone is 1. The van der Waals surface area contributed by atoms with Gasteiger partial charge in [0.1, 0.15) is 0 Å². The van der Waals surface area contributed by atoms with E-state index in [4.69, 9.17) is 0 Å². The van der Waals surface area contributed by atoms with Crippen molar-refractivity contribution in [1.82, 2.24) is 5.32 Å². The summed E-state index contributed by atoms with van der Waals surface area (Å²) in [5, 5.41) is 3.13. The van der Waals surface area contributed by atoms with Gasteiger partial charge in [0.05, 0.1) is 0 Å². The molecule has 0 aliphatic heterocycles. The molecule has 2 atom stereocenters. The van der Waals surface area contributed by atoms with Crippen LogP contribution in [-0.2, 0) is 0 Å². The number of likely N-dealkylation sites (N-methyl/N-ethyl adjacent to an activating group) is 1. The van der Waals surface area contributed by atoms with Crippen molar-refractivity contribution in [3.63, 3.8) is 0 Å². The Kier molecular flexibility index (Phi) is 4.37. The molecule has 0 radical (unpaired) electrons. The number of hydrogen-bond acceptors (Lipinski definition) is 1. The Morgan fingerprint density at radius 2 is 2.25 bits per heavy atom. The first kappa shape index (κ1) is 9.79. The van der Waals surface area contributed by atoms with Gasteiger partial charge in [-0.3, -0.25) is 0 Å². The zero-order valence-corrected chi connectivity index (χ0v) is 8.34. The molecule has 2 unspecified atom stereocenters. The first-order chi connectivity index (χ1) is 5.83. The van der Waals surface area contributed by atoms with Crippen molar-refractivity contribution < 1.29 is 0 Å². The molecule has 1 heteroatoms. The molecule has 0 aromatic carbocycles. The van der Waals surface area contributed by atoms with Crippen molar-refractivity contribution in [2.45, 2.75) is 32.6 Å². The van der Waals surface area contributed by atoms with Gasteiger partial charge in [0.2, 0.25) is 0 Å². The predicted octanol–water partition coefficient (Wildman–Crippen LogP) is 2.59. The molecule has 1 aliphatic carbocycles. The van der Waals surface area contributed by atoms with Gasteiger partial charge in [0, 0.05) is 6.54 Å². The molecule has 1 nitrogen and oxygen atoms in total. The largest absolute Gasteiger partial charge is 0.316 e. The Bertz CT molecular complexity index is 140. The minimum atomic E-state index is 0.863. The summed E-state index contributed by atoms with van der Waals surface area (Å²) >= 11 is 0. The van der Waals surface area contributed by atoms with Crippen molar-refractivity contribution in [1.29, 1.82) is 0 Å². The first-order valence-corrected chi connectivity index (χ1v) is 5.14. The fraction of sp³-hybridized carbons (Fsp3) is 0.818. The van der Waals surface area contributed by atoms with Crippen LogP contribution in [0.2, 0.25) is 0 Å². The predicted molar refractivity (Wildman–Crippen MR) is 54.2 cm³/mol. The van der Waals surface area contributed by atoms with Gasteiger partial charge >= 0.3 is 0 Å². The quantitative estimate of drug-likeness (QED) is 0.637. The molecule has 1 N–H and O–H groups in total. The lowest BCUT2D eigenvalue weighted by molar-refractivity contribution is 0.325. The average molecular weight is 167 g/mol. The van der Waals surface area contributed by atoms with Crippen LogP contribution in [0.3, 0.4) is 0 Å². The second-order valence-electron chi connectivity index (χ2n) is 4.02. The minimum Gasteiger partial charge on any atom is -0.316 e. The normalized spacial score (nSPS) is 31.2. The Balaban J connectivity index is 2.22. The lowest BCUT2D eigenvalue weighted by Gasteiger charge is -2.24.